The summed E-state index contributed by atoms with van der Waals surface area (Å²) in [4.78, 5) is 14.4. The number of aromatic hydroxyl groups is 1. The van der Waals surface area contributed by atoms with Crippen molar-refractivity contribution in [2.45, 2.75) is 69.1 Å². The molecule has 8 heteroatoms. The molecule has 2 atom stereocenters. The zero-order valence-electron chi connectivity index (χ0n) is 22.5. The Morgan fingerprint density at radius 1 is 1.03 bits per heavy atom. The molecule has 5 rings (SSSR count). The number of hydrogen-bond donors (Lipinski definition) is 6. The number of hydrogen-bond acceptors (Lipinski definition) is 7. The van der Waals surface area contributed by atoms with Gasteiger partial charge in [-0.2, -0.15) is 0 Å². The standard InChI is InChI=1S/C31H41N3O5/c35-26-10-8-24(25-9-11-29(37)34-30(25)26)27(36)20-33-28(31(38)14-16-32-17-15-31)13-19-39-18-12-22-6-3-5-21-4-1-2-7-23(21)22/h3,5-6,8-11,27-28,32-33,35-36,38H,1-2,4,7,12-20H2,(H,34,37). The molecule has 0 amide bonds. The molecule has 1 saturated heterocycles. The van der Waals surface area contributed by atoms with Crippen molar-refractivity contribution in [2.24, 2.45) is 0 Å². The van der Waals surface area contributed by atoms with Crippen molar-refractivity contribution in [2.75, 3.05) is 32.8 Å². The second-order valence-corrected chi connectivity index (χ2v) is 11.0. The third-order valence-corrected chi connectivity index (χ3v) is 8.50. The molecule has 39 heavy (non-hydrogen) atoms. The summed E-state index contributed by atoms with van der Waals surface area (Å²) in [5, 5.41) is 40.1. The third kappa shape index (κ3) is 6.53. The maximum absolute atomic E-state index is 11.7. The van der Waals surface area contributed by atoms with Crippen molar-refractivity contribution in [3.8, 4) is 5.75 Å². The van der Waals surface area contributed by atoms with E-state index in [9.17, 15) is 20.1 Å². The van der Waals surface area contributed by atoms with E-state index in [0.717, 1.165) is 25.9 Å². The van der Waals surface area contributed by atoms with Crippen LogP contribution in [0.25, 0.3) is 10.9 Å². The molecule has 1 aliphatic heterocycles. The van der Waals surface area contributed by atoms with E-state index in [4.69, 9.17) is 4.74 Å². The van der Waals surface area contributed by atoms with Crippen LogP contribution < -0.4 is 16.2 Å². The molecule has 1 fully saturated rings. The van der Waals surface area contributed by atoms with Crippen molar-refractivity contribution in [3.63, 3.8) is 0 Å². The summed E-state index contributed by atoms with van der Waals surface area (Å²) in [7, 11) is 0. The Bertz CT molecular complexity index is 1320. The molecular weight excluding hydrogens is 494 g/mol. The van der Waals surface area contributed by atoms with Crippen LogP contribution in [0, 0.1) is 0 Å². The first-order valence-corrected chi connectivity index (χ1v) is 14.3. The Morgan fingerprint density at radius 3 is 2.69 bits per heavy atom. The smallest absolute Gasteiger partial charge is 0.248 e. The number of benzene rings is 2. The summed E-state index contributed by atoms with van der Waals surface area (Å²) in [6.45, 7) is 2.86. The van der Waals surface area contributed by atoms with Crippen LogP contribution in [-0.2, 0) is 24.0 Å². The van der Waals surface area contributed by atoms with Gasteiger partial charge in [-0.1, -0.05) is 24.3 Å². The van der Waals surface area contributed by atoms with Gasteiger partial charge in [0, 0.05) is 30.6 Å². The van der Waals surface area contributed by atoms with Crippen LogP contribution in [0.4, 0.5) is 0 Å². The van der Waals surface area contributed by atoms with Crippen LogP contribution in [0.3, 0.4) is 0 Å². The van der Waals surface area contributed by atoms with Crippen molar-refractivity contribution in [1.82, 2.24) is 15.6 Å². The highest BCUT2D eigenvalue weighted by atomic mass is 16.5. The Kier molecular flexibility index (Phi) is 8.99. The van der Waals surface area contributed by atoms with Crippen LogP contribution in [-0.4, -0.2) is 64.8 Å². The molecule has 2 aliphatic rings. The molecule has 2 heterocycles. The quantitative estimate of drug-likeness (QED) is 0.209. The largest absolute Gasteiger partial charge is 0.506 e. The minimum Gasteiger partial charge on any atom is -0.506 e. The van der Waals surface area contributed by atoms with Crippen LogP contribution in [0.5, 0.6) is 5.75 Å². The summed E-state index contributed by atoms with van der Waals surface area (Å²) in [5.41, 5.74) is 4.09. The number of aliphatic hydroxyl groups is 2. The van der Waals surface area contributed by atoms with Gasteiger partial charge in [0.15, 0.2) is 0 Å². The highest BCUT2D eigenvalue weighted by molar-refractivity contribution is 5.87. The Labute approximate surface area is 229 Å². The second-order valence-electron chi connectivity index (χ2n) is 11.0. The van der Waals surface area contributed by atoms with Crippen LogP contribution in [0.15, 0.2) is 47.3 Å². The number of ether oxygens (including phenoxy) is 1. The van der Waals surface area contributed by atoms with Gasteiger partial charge in [-0.05, 0) is 98.8 Å². The number of fused-ring (bicyclic) bond motifs is 2. The van der Waals surface area contributed by atoms with Gasteiger partial charge in [0.05, 0.1) is 23.8 Å². The first kappa shape index (κ1) is 27.8. The predicted octanol–water partition coefficient (Wildman–Crippen LogP) is 2.87. The third-order valence-electron chi connectivity index (χ3n) is 8.50. The summed E-state index contributed by atoms with van der Waals surface area (Å²) in [5.74, 6) is -0.0401. The highest BCUT2D eigenvalue weighted by Crippen LogP contribution is 2.30. The number of pyridine rings is 1. The fraction of sp³-hybridized carbons (Fsp3) is 0.516. The lowest BCUT2D eigenvalue weighted by atomic mass is 9.83. The molecular formula is C31H41N3O5. The molecule has 1 aromatic heterocycles. The Balaban J connectivity index is 1.20. The van der Waals surface area contributed by atoms with Gasteiger partial charge >= 0.3 is 0 Å². The molecule has 210 valence electrons. The summed E-state index contributed by atoms with van der Waals surface area (Å²) >= 11 is 0. The zero-order chi connectivity index (χ0) is 27.2. The van der Waals surface area contributed by atoms with Crippen molar-refractivity contribution < 1.29 is 20.1 Å². The second kappa shape index (κ2) is 12.6. The normalized spacial score (nSPS) is 18.5. The van der Waals surface area contributed by atoms with Crippen molar-refractivity contribution in [1.29, 1.82) is 0 Å². The van der Waals surface area contributed by atoms with E-state index in [1.165, 1.54) is 48.1 Å². The summed E-state index contributed by atoms with van der Waals surface area (Å²) in [6.07, 6.45) is 6.75. The molecule has 0 spiro atoms. The average Bonchev–Trinajstić information content (AvgIpc) is 2.95. The monoisotopic (exact) mass is 535 g/mol. The maximum Gasteiger partial charge on any atom is 0.248 e. The minimum atomic E-state index is -0.894. The maximum atomic E-state index is 11.7. The lowest BCUT2D eigenvalue weighted by Gasteiger charge is -2.40. The fourth-order valence-corrected chi connectivity index (χ4v) is 6.26. The van der Waals surface area contributed by atoms with Crippen LogP contribution in [0.2, 0.25) is 0 Å². The average molecular weight is 536 g/mol. The molecule has 0 radical (unpaired) electrons. The first-order valence-electron chi connectivity index (χ1n) is 14.3. The van der Waals surface area contributed by atoms with E-state index in [1.54, 1.807) is 12.1 Å². The lowest BCUT2D eigenvalue weighted by Crippen LogP contribution is -2.56. The van der Waals surface area contributed by atoms with E-state index in [-0.39, 0.29) is 23.9 Å². The summed E-state index contributed by atoms with van der Waals surface area (Å²) < 4.78 is 6.08. The number of phenols is 1. The molecule has 1 aliphatic carbocycles. The number of piperidine rings is 1. The Morgan fingerprint density at radius 2 is 1.85 bits per heavy atom. The molecule has 0 saturated carbocycles. The van der Waals surface area contributed by atoms with E-state index in [2.05, 4.69) is 33.8 Å². The topological polar surface area (TPSA) is 127 Å². The van der Waals surface area contributed by atoms with E-state index < -0.39 is 11.7 Å². The number of aliphatic hydroxyl groups excluding tert-OH is 1. The van der Waals surface area contributed by atoms with E-state index >= 15 is 0 Å². The number of phenolic OH excluding ortho intramolecular Hbond substituents is 1. The van der Waals surface area contributed by atoms with Crippen molar-refractivity contribution in [3.05, 3.63) is 75.1 Å². The number of rotatable bonds is 11. The van der Waals surface area contributed by atoms with E-state index in [0.29, 0.717) is 48.9 Å². The van der Waals surface area contributed by atoms with Gasteiger partial charge in [0.25, 0.3) is 0 Å². The minimum absolute atomic E-state index is 0.0401. The number of aromatic amines is 1. The van der Waals surface area contributed by atoms with Gasteiger partial charge in [0.2, 0.25) is 5.56 Å². The van der Waals surface area contributed by atoms with Crippen molar-refractivity contribution >= 4 is 10.9 Å². The first-order chi connectivity index (χ1) is 18.9. The number of aromatic nitrogens is 1. The van der Waals surface area contributed by atoms with Gasteiger partial charge < -0.3 is 35.7 Å². The van der Waals surface area contributed by atoms with Gasteiger partial charge in [-0.3, -0.25) is 4.79 Å². The SMILES string of the molecule is O=c1ccc2c(C(O)CNC(CCOCCc3cccc4c3CCCC4)C3(O)CCNCC3)ccc(O)c2[nH]1. The molecule has 8 nitrogen and oxygen atoms in total. The van der Waals surface area contributed by atoms with Gasteiger partial charge in [-0.15, -0.1) is 0 Å². The molecule has 6 N–H and O–H groups in total. The van der Waals surface area contributed by atoms with Gasteiger partial charge in [-0.25, -0.2) is 0 Å². The number of nitrogens with one attached hydrogen (secondary N) is 3. The number of aryl methyl sites for hydroxylation is 1. The Hall–Kier alpha value is -2.75. The van der Waals surface area contributed by atoms with Crippen LogP contribution >= 0.6 is 0 Å². The zero-order valence-corrected chi connectivity index (χ0v) is 22.5. The molecule has 0 bridgehead atoms. The summed E-state index contributed by atoms with van der Waals surface area (Å²) in [6, 6.07) is 12.5. The van der Waals surface area contributed by atoms with Gasteiger partial charge in [0.1, 0.15) is 5.75 Å². The van der Waals surface area contributed by atoms with E-state index in [1.807, 2.05) is 0 Å². The number of H-pyrrole nitrogens is 1. The highest BCUT2D eigenvalue weighted by Gasteiger charge is 2.37. The van der Waals surface area contributed by atoms with Crippen LogP contribution in [0.1, 0.15) is 60.5 Å². The molecule has 3 aromatic rings. The fourth-order valence-electron chi connectivity index (χ4n) is 6.26. The molecule has 2 unspecified atom stereocenters. The molecule has 2 aromatic carbocycles. The lowest BCUT2D eigenvalue weighted by molar-refractivity contribution is -0.0374. The predicted molar refractivity (Wildman–Crippen MR) is 152 cm³/mol.